The van der Waals surface area contributed by atoms with Gasteiger partial charge in [-0.15, -0.1) is 6.42 Å². The SMILES string of the molecule is C#C/C=C\C(=C/C)c1oc2c(C(C)Nc3ccc(Cl)nc3C(=O)NOC)cc(C)cc2c(=O)c1C. The summed E-state index contributed by atoms with van der Waals surface area (Å²) in [5.74, 6) is 2.35. The molecule has 0 spiro atoms. The lowest BCUT2D eigenvalue weighted by Gasteiger charge is -2.20. The Balaban J connectivity index is 2.18. The van der Waals surface area contributed by atoms with E-state index in [0.717, 1.165) is 11.1 Å². The van der Waals surface area contributed by atoms with Gasteiger partial charge < -0.3 is 9.73 Å². The number of hydrogen-bond acceptors (Lipinski definition) is 6. The monoisotopic (exact) mass is 491 g/mol. The van der Waals surface area contributed by atoms with Crippen molar-refractivity contribution in [2.45, 2.75) is 33.7 Å². The molecule has 0 aliphatic heterocycles. The van der Waals surface area contributed by atoms with Crippen LogP contribution in [0.3, 0.4) is 0 Å². The second-order valence-corrected chi connectivity index (χ2v) is 8.28. The third-order valence-corrected chi connectivity index (χ3v) is 5.64. The first kappa shape index (κ1) is 25.8. The number of halogens is 1. The number of allylic oxidation sites excluding steroid dienone is 4. The molecular weight excluding hydrogens is 466 g/mol. The molecule has 0 saturated heterocycles. The number of nitrogens with one attached hydrogen (secondary N) is 2. The van der Waals surface area contributed by atoms with Crippen LogP contribution in [0.4, 0.5) is 5.69 Å². The van der Waals surface area contributed by atoms with E-state index < -0.39 is 5.91 Å². The molecule has 0 aliphatic rings. The molecule has 8 heteroatoms. The smallest absolute Gasteiger partial charge is 0.295 e. The van der Waals surface area contributed by atoms with Crippen LogP contribution in [0.1, 0.15) is 52.8 Å². The maximum Gasteiger partial charge on any atom is 0.295 e. The number of aromatic nitrogens is 1. The minimum absolute atomic E-state index is 0.0665. The van der Waals surface area contributed by atoms with Crippen LogP contribution < -0.4 is 16.2 Å². The molecule has 180 valence electrons. The Morgan fingerprint density at radius 2 is 2.06 bits per heavy atom. The number of aryl methyl sites for hydroxylation is 1. The van der Waals surface area contributed by atoms with Gasteiger partial charge in [-0.1, -0.05) is 29.7 Å². The van der Waals surface area contributed by atoms with Crippen molar-refractivity contribution in [3.63, 3.8) is 0 Å². The zero-order valence-corrected chi connectivity index (χ0v) is 20.9. The van der Waals surface area contributed by atoms with Gasteiger partial charge in [0.15, 0.2) is 11.1 Å². The van der Waals surface area contributed by atoms with Gasteiger partial charge in [0.25, 0.3) is 5.91 Å². The summed E-state index contributed by atoms with van der Waals surface area (Å²) in [7, 11) is 1.33. The summed E-state index contributed by atoms with van der Waals surface area (Å²) >= 11 is 6.01. The number of nitrogens with zero attached hydrogens (tertiary/aromatic N) is 1. The molecule has 0 bridgehead atoms. The maximum atomic E-state index is 13.3. The average molecular weight is 492 g/mol. The molecular formula is C27H26ClN3O4. The quantitative estimate of drug-likeness (QED) is 0.196. The molecule has 1 aromatic carbocycles. The van der Waals surface area contributed by atoms with Crippen LogP contribution in [0.5, 0.6) is 0 Å². The average Bonchev–Trinajstić information content (AvgIpc) is 2.83. The van der Waals surface area contributed by atoms with Crippen molar-refractivity contribution in [1.29, 1.82) is 0 Å². The predicted molar refractivity (Wildman–Crippen MR) is 139 cm³/mol. The normalized spacial score (nSPS) is 12.5. The molecule has 2 heterocycles. The zero-order valence-electron chi connectivity index (χ0n) is 20.2. The van der Waals surface area contributed by atoms with Crippen LogP contribution in [-0.4, -0.2) is 18.0 Å². The molecule has 1 amide bonds. The molecule has 7 nitrogen and oxygen atoms in total. The Morgan fingerprint density at radius 1 is 1.31 bits per heavy atom. The standard InChI is InChI=1S/C27H26ClN3O4/c1-7-9-10-18(8-2)25-16(4)24(32)20-14-15(3)13-19(26(20)35-25)17(5)29-21-11-12-22(28)30-23(21)27(33)31-34-6/h1,8-14,17,29H,2-6H3,(H,31,33)/b10-9-,18-8+. The Hall–Kier alpha value is -3.86. The summed E-state index contributed by atoms with van der Waals surface area (Å²) in [6.07, 6.45) is 10.5. The number of rotatable bonds is 7. The summed E-state index contributed by atoms with van der Waals surface area (Å²) in [5.41, 5.74) is 5.90. The first-order valence-corrected chi connectivity index (χ1v) is 11.2. The molecule has 1 unspecified atom stereocenters. The van der Waals surface area contributed by atoms with Gasteiger partial charge >= 0.3 is 0 Å². The lowest BCUT2D eigenvalue weighted by atomic mass is 9.98. The van der Waals surface area contributed by atoms with E-state index in [1.54, 1.807) is 31.2 Å². The van der Waals surface area contributed by atoms with Crippen molar-refractivity contribution in [2.75, 3.05) is 12.4 Å². The molecule has 0 aliphatic carbocycles. The van der Waals surface area contributed by atoms with Gasteiger partial charge in [0.2, 0.25) is 0 Å². The fourth-order valence-electron chi connectivity index (χ4n) is 3.78. The van der Waals surface area contributed by atoms with Crippen LogP contribution in [0.15, 0.2) is 51.7 Å². The van der Waals surface area contributed by atoms with Crippen molar-refractivity contribution >= 4 is 39.7 Å². The van der Waals surface area contributed by atoms with Gasteiger partial charge in [-0.25, -0.2) is 10.5 Å². The van der Waals surface area contributed by atoms with Gasteiger partial charge in [0.05, 0.1) is 24.2 Å². The summed E-state index contributed by atoms with van der Waals surface area (Å²) in [4.78, 5) is 34.6. The highest BCUT2D eigenvalue weighted by molar-refractivity contribution is 6.29. The minimum atomic E-state index is -0.554. The Bertz CT molecular complexity index is 1450. The van der Waals surface area contributed by atoms with E-state index in [1.165, 1.54) is 7.11 Å². The topological polar surface area (TPSA) is 93.5 Å². The first-order chi connectivity index (χ1) is 16.7. The Morgan fingerprint density at radius 3 is 2.71 bits per heavy atom. The number of carbonyl (C=O) groups is 1. The third-order valence-electron chi connectivity index (χ3n) is 5.43. The number of benzene rings is 1. The van der Waals surface area contributed by atoms with Gasteiger partial charge in [0, 0.05) is 16.7 Å². The fraction of sp³-hybridized carbons (Fsp3) is 0.222. The maximum absolute atomic E-state index is 13.3. The molecule has 1 atom stereocenters. The first-order valence-electron chi connectivity index (χ1n) is 10.9. The molecule has 2 aromatic heterocycles. The van der Waals surface area contributed by atoms with Crippen molar-refractivity contribution in [3.05, 3.63) is 86.0 Å². The van der Waals surface area contributed by atoms with Crippen molar-refractivity contribution in [3.8, 4) is 12.3 Å². The lowest BCUT2D eigenvalue weighted by Crippen LogP contribution is -2.25. The largest absolute Gasteiger partial charge is 0.455 e. The van der Waals surface area contributed by atoms with Crippen LogP contribution in [0.2, 0.25) is 5.15 Å². The number of pyridine rings is 1. The number of hydroxylamine groups is 1. The molecule has 0 radical (unpaired) electrons. The highest BCUT2D eigenvalue weighted by Crippen LogP contribution is 2.31. The van der Waals surface area contributed by atoms with E-state index in [0.29, 0.717) is 33.6 Å². The summed E-state index contributed by atoms with van der Waals surface area (Å²) in [6, 6.07) is 6.60. The minimum Gasteiger partial charge on any atom is -0.455 e. The van der Waals surface area contributed by atoms with Gasteiger partial charge in [-0.2, -0.15) is 0 Å². The van der Waals surface area contributed by atoms with Gasteiger partial charge in [-0.3, -0.25) is 14.4 Å². The Kier molecular flexibility index (Phi) is 8.13. The second kappa shape index (κ2) is 11.0. The van der Waals surface area contributed by atoms with Crippen molar-refractivity contribution in [2.24, 2.45) is 0 Å². The van der Waals surface area contributed by atoms with E-state index in [2.05, 4.69) is 21.7 Å². The summed E-state index contributed by atoms with van der Waals surface area (Å²) in [5, 5.41) is 3.92. The van der Waals surface area contributed by atoms with E-state index in [4.69, 9.17) is 27.3 Å². The summed E-state index contributed by atoms with van der Waals surface area (Å²) in [6.45, 7) is 7.39. The molecule has 3 rings (SSSR count). The van der Waals surface area contributed by atoms with Crippen LogP contribution >= 0.6 is 11.6 Å². The number of anilines is 1. The van der Waals surface area contributed by atoms with Crippen LogP contribution in [-0.2, 0) is 4.84 Å². The van der Waals surface area contributed by atoms with Gasteiger partial charge in [0.1, 0.15) is 16.5 Å². The number of carbonyl (C=O) groups excluding carboxylic acids is 1. The molecule has 2 N–H and O–H groups in total. The lowest BCUT2D eigenvalue weighted by molar-refractivity contribution is 0.0533. The van der Waals surface area contributed by atoms with Crippen molar-refractivity contribution in [1.82, 2.24) is 10.5 Å². The van der Waals surface area contributed by atoms with E-state index in [9.17, 15) is 9.59 Å². The third kappa shape index (κ3) is 5.46. The van der Waals surface area contributed by atoms with Gasteiger partial charge in [-0.05, 0) is 63.6 Å². The van der Waals surface area contributed by atoms with E-state index >= 15 is 0 Å². The number of amides is 1. The molecule has 3 aromatic rings. The fourth-order valence-corrected chi connectivity index (χ4v) is 3.93. The predicted octanol–water partition coefficient (Wildman–Crippen LogP) is 5.52. The molecule has 0 fully saturated rings. The van der Waals surface area contributed by atoms with Crippen LogP contribution in [0.25, 0.3) is 16.5 Å². The summed E-state index contributed by atoms with van der Waals surface area (Å²) < 4.78 is 6.34. The van der Waals surface area contributed by atoms with E-state index in [1.807, 2.05) is 39.0 Å². The van der Waals surface area contributed by atoms with Crippen LogP contribution in [0, 0.1) is 26.2 Å². The number of terminal acetylenes is 1. The highest BCUT2D eigenvalue weighted by atomic mass is 35.5. The number of hydrogen-bond donors (Lipinski definition) is 2. The van der Waals surface area contributed by atoms with Crippen molar-refractivity contribution < 1.29 is 14.0 Å². The zero-order chi connectivity index (χ0) is 25.7. The number of fused-ring (bicyclic) bond motifs is 1. The molecule has 35 heavy (non-hydrogen) atoms. The highest BCUT2D eigenvalue weighted by Gasteiger charge is 2.21. The molecule has 0 saturated carbocycles. The van der Waals surface area contributed by atoms with E-state index in [-0.39, 0.29) is 22.3 Å². The Labute approximate surface area is 208 Å². The second-order valence-electron chi connectivity index (χ2n) is 7.89.